The van der Waals surface area contributed by atoms with Gasteiger partial charge in [-0.15, -0.1) is 0 Å². The van der Waals surface area contributed by atoms with E-state index in [4.69, 9.17) is 5.11 Å². The van der Waals surface area contributed by atoms with E-state index in [1.807, 2.05) is 13.8 Å². The van der Waals surface area contributed by atoms with Crippen LogP contribution in [0.25, 0.3) is 0 Å². The smallest absolute Gasteiger partial charge is 0.335 e. The minimum Gasteiger partial charge on any atom is -0.478 e. The highest BCUT2D eigenvalue weighted by atomic mass is 16.4. The van der Waals surface area contributed by atoms with Crippen LogP contribution in [0.15, 0.2) is 18.2 Å². The topological polar surface area (TPSA) is 69.6 Å². The van der Waals surface area contributed by atoms with E-state index >= 15 is 0 Å². The Morgan fingerprint density at radius 2 is 2.06 bits per heavy atom. The fourth-order valence-corrected chi connectivity index (χ4v) is 1.63. The minimum atomic E-state index is -0.920. The maximum atomic E-state index is 10.9. The zero-order valence-electron chi connectivity index (χ0n) is 10.4. The molecule has 0 saturated heterocycles. The van der Waals surface area contributed by atoms with Crippen molar-refractivity contribution in [3.8, 4) is 0 Å². The molecule has 0 amide bonds. The average Bonchev–Trinajstić information content (AvgIpc) is 2.24. The van der Waals surface area contributed by atoms with Gasteiger partial charge in [0.05, 0.1) is 18.2 Å². The molecular weight excluding hydrogens is 218 g/mol. The lowest BCUT2D eigenvalue weighted by Crippen LogP contribution is -2.29. The fraction of sp³-hybridized carbons (Fsp3) is 0.462. The summed E-state index contributed by atoms with van der Waals surface area (Å²) in [5.41, 5.74) is 1.85. The van der Waals surface area contributed by atoms with Crippen molar-refractivity contribution in [2.45, 2.75) is 26.8 Å². The van der Waals surface area contributed by atoms with Crippen LogP contribution in [0, 0.1) is 12.8 Å². The van der Waals surface area contributed by atoms with E-state index < -0.39 is 5.97 Å². The number of carboxylic acids is 1. The predicted molar refractivity (Wildman–Crippen MR) is 67.5 cm³/mol. The van der Waals surface area contributed by atoms with Crippen molar-refractivity contribution >= 4 is 11.7 Å². The van der Waals surface area contributed by atoms with Crippen LogP contribution in [0.3, 0.4) is 0 Å². The Labute approximate surface area is 101 Å². The van der Waals surface area contributed by atoms with Gasteiger partial charge in [-0.3, -0.25) is 0 Å². The Balaban J connectivity index is 2.87. The highest BCUT2D eigenvalue weighted by Gasteiger charge is 2.13. The van der Waals surface area contributed by atoms with Gasteiger partial charge in [-0.25, -0.2) is 4.79 Å². The first kappa shape index (κ1) is 13.5. The van der Waals surface area contributed by atoms with Gasteiger partial charge >= 0.3 is 5.97 Å². The quantitative estimate of drug-likeness (QED) is 0.733. The number of aliphatic hydroxyl groups is 1. The largest absolute Gasteiger partial charge is 0.478 e. The number of aromatic carboxylic acids is 1. The maximum Gasteiger partial charge on any atom is 0.335 e. The number of anilines is 1. The van der Waals surface area contributed by atoms with Crippen LogP contribution in [-0.4, -0.2) is 28.8 Å². The number of carbonyl (C=O) groups is 1. The van der Waals surface area contributed by atoms with Gasteiger partial charge in [-0.1, -0.05) is 13.8 Å². The second kappa shape index (κ2) is 5.68. The summed E-state index contributed by atoms with van der Waals surface area (Å²) in [6.45, 7) is 5.86. The van der Waals surface area contributed by atoms with Crippen molar-refractivity contribution < 1.29 is 15.0 Å². The first-order valence-corrected chi connectivity index (χ1v) is 5.67. The van der Waals surface area contributed by atoms with Gasteiger partial charge in [0.1, 0.15) is 0 Å². The summed E-state index contributed by atoms with van der Waals surface area (Å²) in [5, 5.41) is 21.3. The van der Waals surface area contributed by atoms with Crippen molar-refractivity contribution in [3.05, 3.63) is 29.3 Å². The van der Waals surface area contributed by atoms with E-state index in [0.717, 1.165) is 5.69 Å². The van der Waals surface area contributed by atoms with Crippen LogP contribution in [0.2, 0.25) is 0 Å². The maximum absolute atomic E-state index is 10.9. The summed E-state index contributed by atoms with van der Waals surface area (Å²) in [4.78, 5) is 10.9. The van der Waals surface area contributed by atoms with E-state index in [0.29, 0.717) is 17.0 Å². The fourth-order valence-electron chi connectivity index (χ4n) is 1.63. The van der Waals surface area contributed by atoms with E-state index in [1.54, 1.807) is 25.1 Å². The molecule has 0 radical (unpaired) electrons. The molecule has 0 saturated carbocycles. The number of nitrogens with one attached hydrogen (secondary N) is 1. The summed E-state index contributed by atoms with van der Waals surface area (Å²) < 4.78 is 0. The third-order valence-corrected chi connectivity index (χ3v) is 2.81. The molecule has 1 atom stereocenters. The van der Waals surface area contributed by atoms with Gasteiger partial charge in [-0.2, -0.15) is 0 Å². The van der Waals surface area contributed by atoms with Gasteiger partial charge in [0.2, 0.25) is 0 Å². The zero-order valence-corrected chi connectivity index (χ0v) is 10.4. The van der Waals surface area contributed by atoms with Gasteiger partial charge < -0.3 is 15.5 Å². The van der Waals surface area contributed by atoms with Crippen LogP contribution < -0.4 is 5.32 Å². The Bertz CT molecular complexity index is 402. The monoisotopic (exact) mass is 237 g/mol. The van der Waals surface area contributed by atoms with Gasteiger partial charge in [0, 0.05) is 5.69 Å². The number of aliphatic hydroxyl groups excluding tert-OH is 1. The van der Waals surface area contributed by atoms with Crippen LogP contribution >= 0.6 is 0 Å². The average molecular weight is 237 g/mol. The summed E-state index contributed by atoms with van der Waals surface area (Å²) >= 11 is 0. The lowest BCUT2D eigenvalue weighted by atomic mass is 10.0. The molecule has 1 rings (SSSR count). The van der Waals surface area contributed by atoms with E-state index in [9.17, 15) is 9.90 Å². The molecule has 17 heavy (non-hydrogen) atoms. The molecule has 1 aromatic carbocycles. The molecule has 0 spiro atoms. The molecule has 0 heterocycles. The van der Waals surface area contributed by atoms with Crippen LogP contribution in [0.4, 0.5) is 5.69 Å². The summed E-state index contributed by atoms with van der Waals surface area (Å²) in [6.07, 6.45) is 0. The molecule has 0 bridgehead atoms. The molecule has 0 unspecified atom stereocenters. The molecule has 1 aromatic rings. The second-order valence-corrected chi connectivity index (χ2v) is 4.51. The molecule has 0 aromatic heterocycles. The molecule has 3 N–H and O–H groups in total. The Hall–Kier alpha value is -1.55. The van der Waals surface area contributed by atoms with Crippen molar-refractivity contribution in [2.75, 3.05) is 11.9 Å². The summed E-state index contributed by atoms with van der Waals surface area (Å²) in [6, 6.07) is 5.06. The molecule has 94 valence electrons. The van der Waals surface area contributed by atoms with Crippen molar-refractivity contribution in [1.29, 1.82) is 0 Å². The molecule has 4 heteroatoms. The molecule has 0 aliphatic rings. The first-order chi connectivity index (χ1) is 7.95. The SMILES string of the molecule is Cc1cc(N[C@H](CO)C(C)C)ccc1C(=O)O. The Morgan fingerprint density at radius 3 is 2.47 bits per heavy atom. The lowest BCUT2D eigenvalue weighted by molar-refractivity contribution is 0.0696. The van der Waals surface area contributed by atoms with Crippen LogP contribution in [-0.2, 0) is 0 Å². The second-order valence-electron chi connectivity index (χ2n) is 4.51. The normalized spacial score (nSPS) is 12.5. The molecule has 4 nitrogen and oxygen atoms in total. The van der Waals surface area contributed by atoms with Crippen molar-refractivity contribution in [2.24, 2.45) is 5.92 Å². The highest BCUT2D eigenvalue weighted by molar-refractivity contribution is 5.89. The number of benzene rings is 1. The third-order valence-electron chi connectivity index (χ3n) is 2.81. The standard InChI is InChI=1S/C13H19NO3/c1-8(2)12(7-15)14-10-4-5-11(13(16)17)9(3)6-10/h4-6,8,12,14-15H,7H2,1-3H3,(H,16,17)/t12-/m1/s1. The van der Waals surface area contributed by atoms with E-state index in [1.165, 1.54) is 0 Å². The molecule has 0 aliphatic carbocycles. The van der Waals surface area contributed by atoms with Crippen LogP contribution in [0.1, 0.15) is 29.8 Å². The Morgan fingerprint density at radius 1 is 1.41 bits per heavy atom. The van der Waals surface area contributed by atoms with Crippen molar-refractivity contribution in [3.63, 3.8) is 0 Å². The minimum absolute atomic E-state index is 0.0231. The van der Waals surface area contributed by atoms with Gasteiger partial charge in [0.15, 0.2) is 0 Å². The summed E-state index contributed by atoms with van der Waals surface area (Å²) in [7, 11) is 0. The number of rotatable bonds is 5. The molecule has 0 aliphatic heterocycles. The number of carboxylic acid groups (broad SMARTS) is 1. The van der Waals surface area contributed by atoms with Gasteiger partial charge in [-0.05, 0) is 36.6 Å². The molecular formula is C13H19NO3. The number of hydrogen-bond acceptors (Lipinski definition) is 3. The lowest BCUT2D eigenvalue weighted by Gasteiger charge is -2.21. The van der Waals surface area contributed by atoms with E-state index in [-0.39, 0.29) is 12.6 Å². The summed E-state index contributed by atoms with van der Waals surface area (Å²) in [5.74, 6) is -0.615. The molecule has 0 fully saturated rings. The number of aryl methyl sites for hydroxylation is 1. The first-order valence-electron chi connectivity index (χ1n) is 5.67. The number of hydrogen-bond donors (Lipinski definition) is 3. The van der Waals surface area contributed by atoms with Gasteiger partial charge in [0.25, 0.3) is 0 Å². The van der Waals surface area contributed by atoms with Crippen LogP contribution in [0.5, 0.6) is 0 Å². The predicted octanol–water partition coefficient (Wildman–Crippen LogP) is 2.12. The third kappa shape index (κ3) is 3.46. The Kier molecular flexibility index (Phi) is 4.52. The van der Waals surface area contributed by atoms with Crippen molar-refractivity contribution in [1.82, 2.24) is 0 Å². The zero-order chi connectivity index (χ0) is 13.0. The van der Waals surface area contributed by atoms with E-state index in [2.05, 4.69) is 5.32 Å². The highest BCUT2D eigenvalue weighted by Crippen LogP contribution is 2.17.